The van der Waals surface area contributed by atoms with Crippen molar-refractivity contribution in [1.82, 2.24) is 10.3 Å². The Bertz CT molecular complexity index is 781. The highest BCUT2D eigenvalue weighted by Crippen LogP contribution is 2.18. The minimum atomic E-state index is -0.168. The normalized spacial score (nSPS) is 9.92. The first kappa shape index (κ1) is 17.3. The molecule has 0 aliphatic heterocycles. The Balaban J connectivity index is 1.91. The van der Waals surface area contributed by atoms with E-state index in [2.05, 4.69) is 21.7 Å². The molecule has 6 nitrogen and oxygen atoms in total. The van der Waals surface area contributed by atoms with E-state index in [4.69, 9.17) is 4.74 Å². The number of aromatic nitrogens is 1. The molecule has 0 bridgehead atoms. The Hall–Kier alpha value is -3.07. The molecule has 1 aromatic carbocycles. The first-order chi connectivity index (χ1) is 11.5. The van der Waals surface area contributed by atoms with Crippen LogP contribution in [0.2, 0.25) is 0 Å². The number of carbonyl (C=O) groups excluding carboxylic acids is 1. The molecule has 0 spiro atoms. The van der Waals surface area contributed by atoms with Crippen LogP contribution in [-0.2, 0) is 0 Å². The minimum Gasteiger partial charge on any atom is -0.497 e. The molecule has 1 amide bonds. The number of carbonyl (C=O) groups is 1. The number of ether oxygens (including phenoxy) is 1. The molecule has 0 aliphatic carbocycles. The number of nitriles is 1. The molecular formula is C18H20N4O2. The lowest BCUT2D eigenvalue weighted by atomic mass is 10.1. The van der Waals surface area contributed by atoms with Crippen molar-refractivity contribution >= 4 is 11.6 Å². The van der Waals surface area contributed by atoms with Gasteiger partial charge in [-0.05, 0) is 38.1 Å². The Kier molecular flexibility index (Phi) is 5.74. The first-order valence-electron chi connectivity index (χ1n) is 7.59. The van der Waals surface area contributed by atoms with Crippen LogP contribution in [0.15, 0.2) is 30.3 Å². The van der Waals surface area contributed by atoms with Crippen molar-refractivity contribution in [3.8, 4) is 11.8 Å². The average Bonchev–Trinajstić information content (AvgIpc) is 2.58. The molecule has 0 aliphatic rings. The molecule has 1 heterocycles. The number of benzene rings is 1. The van der Waals surface area contributed by atoms with E-state index in [0.717, 1.165) is 11.4 Å². The maximum atomic E-state index is 12.1. The highest BCUT2D eigenvalue weighted by Gasteiger charge is 2.08. The molecule has 124 valence electrons. The number of pyridine rings is 1. The van der Waals surface area contributed by atoms with E-state index in [1.165, 1.54) is 0 Å². The average molecular weight is 324 g/mol. The van der Waals surface area contributed by atoms with Crippen molar-refractivity contribution in [3.63, 3.8) is 0 Å². The Morgan fingerprint density at radius 2 is 2.08 bits per heavy atom. The topological polar surface area (TPSA) is 87.0 Å². The third-order valence-electron chi connectivity index (χ3n) is 3.50. The van der Waals surface area contributed by atoms with Gasteiger partial charge in [0.2, 0.25) is 0 Å². The van der Waals surface area contributed by atoms with Gasteiger partial charge in [0, 0.05) is 24.3 Å². The van der Waals surface area contributed by atoms with Crippen molar-refractivity contribution in [2.24, 2.45) is 0 Å². The third kappa shape index (κ3) is 4.23. The SMILES string of the molecule is COc1cccc(C(=O)NCCNc2cc(C)nc(C)c2C#N)c1. The molecule has 1 aromatic heterocycles. The Morgan fingerprint density at radius 3 is 2.79 bits per heavy atom. The zero-order chi connectivity index (χ0) is 17.5. The fraction of sp³-hybridized carbons (Fsp3) is 0.278. The van der Waals surface area contributed by atoms with Gasteiger partial charge in [-0.3, -0.25) is 9.78 Å². The van der Waals surface area contributed by atoms with Gasteiger partial charge in [-0.2, -0.15) is 5.26 Å². The first-order valence-corrected chi connectivity index (χ1v) is 7.59. The smallest absolute Gasteiger partial charge is 0.251 e. The van der Waals surface area contributed by atoms with Crippen LogP contribution in [-0.4, -0.2) is 31.1 Å². The van der Waals surface area contributed by atoms with Crippen LogP contribution in [0.5, 0.6) is 5.75 Å². The van der Waals surface area contributed by atoms with Gasteiger partial charge in [0.25, 0.3) is 5.91 Å². The second-order valence-corrected chi connectivity index (χ2v) is 5.30. The number of rotatable bonds is 6. The molecule has 24 heavy (non-hydrogen) atoms. The van der Waals surface area contributed by atoms with Crippen LogP contribution in [0.25, 0.3) is 0 Å². The van der Waals surface area contributed by atoms with Gasteiger partial charge in [0.15, 0.2) is 0 Å². The molecule has 2 N–H and O–H groups in total. The molecule has 6 heteroatoms. The quantitative estimate of drug-likeness (QED) is 0.797. The summed E-state index contributed by atoms with van der Waals surface area (Å²) >= 11 is 0. The molecule has 0 radical (unpaired) electrons. The van der Waals surface area contributed by atoms with E-state index in [-0.39, 0.29) is 5.91 Å². The zero-order valence-electron chi connectivity index (χ0n) is 14.0. The van der Waals surface area contributed by atoms with Crippen molar-refractivity contribution in [2.75, 3.05) is 25.5 Å². The Labute approximate surface area is 141 Å². The number of aryl methyl sites for hydroxylation is 2. The van der Waals surface area contributed by atoms with Gasteiger partial charge in [-0.15, -0.1) is 0 Å². The van der Waals surface area contributed by atoms with E-state index >= 15 is 0 Å². The molecule has 0 fully saturated rings. The van der Waals surface area contributed by atoms with Crippen LogP contribution in [0.3, 0.4) is 0 Å². The molecule has 2 rings (SSSR count). The van der Waals surface area contributed by atoms with Crippen LogP contribution in [0.4, 0.5) is 5.69 Å². The highest BCUT2D eigenvalue weighted by molar-refractivity contribution is 5.94. The van der Waals surface area contributed by atoms with Gasteiger partial charge in [0.05, 0.1) is 24.1 Å². The molecule has 0 saturated carbocycles. The molecule has 0 atom stereocenters. The number of hydrogen-bond donors (Lipinski definition) is 2. The fourth-order valence-electron chi connectivity index (χ4n) is 2.35. The van der Waals surface area contributed by atoms with E-state index in [1.807, 2.05) is 13.0 Å². The fourth-order valence-corrected chi connectivity index (χ4v) is 2.35. The third-order valence-corrected chi connectivity index (χ3v) is 3.50. The van der Waals surface area contributed by atoms with Crippen molar-refractivity contribution in [3.05, 3.63) is 52.8 Å². The predicted molar refractivity (Wildman–Crippen MR) is 92.2 cm³/mol. The largest absolute Gasteiger partial charge is 0.497 e. The maximum absolute atomic E-state index is 12.1. The van der Waals surface area contributed by atoms with Crippen molar-refractivity contribution < 1.29 is 9.53 Å². The number of anilines is 1. The zero-order valence-corrected chi connectivity index (χ0v) is 14.0. The highest BCUT2D eigenvalue weighted by atomic mass is 16.5. The monoisotopic (exact) mass is 324 g/mol. The summed E-state index contributed by atoms with van der Waals surface area (Å²) in [7, 11) is 1.56. The summed E-state index contributed by atoms with van der Waals surface area (Å²) in [6.07, 6.45) is 0. The number of amides is 1. The van der Waals surface area contributed by atoms with Gasteiger partial charge in [0.1, 0.15) is 11.8 Å². The summed E-state index contributed by atoms with van der Waals surface area (Å²) in [6, 6.07) is 11.0. The van der Waals surface area contributed by atoms with Crippen molar-refractivity contribution in [1.29, 1.82) is 5.26 Å². The number of nitrogens with zero attached hydrogens (tertiary/aromatic N) is 2. The second kappa shape index (κ2) is 7.97. The predicted octanol–water partition coefficient (Wildman–Crippen LogP) is 2.42. The maximum Gasteiger partial charge on any atom is 0.251 e. The summed E-state index contributed by atoms with van der Waals surface area (Å²) in [5, 5.41) is 15.2. The summed E-state index contributed by atoms with van der Waals surface area (Å²) < 4.78 is 5.11. The van der Waals surface area contributed by atoms with E-state index in [9.17, 15) is 10.1 Å². The number of hydrogen-bond acceptors (Lipinski definition) is 5. The standard InChI is InChI=1S/C18H20N4O2/c1-12-9-17(16(11-19)13(2)22-12)20-7-8-21-18(23)14-5-4-6-15(10-14)24-3/h4-6,9-10H,7-8H2,1-3H3,(H,20,22)(H,21,23). The summed E-state index contributed by atoms with van der Waals surface area (Å²) in [6.45, 7) is 4.62. The van der Waals surface area contributed by atoms with Crippen LogP contribution in [0.1, 0.15) is 27.3 Å². The lowest BCUT2D eigenvalue weighted by molar-refractivity contribution is 0.0955. The van der Waals surface area contributed by atoms with Gasteiger partial charge in [-0.25, -0.2) is 0 Å². The summed E-state index contributed by atoms with van der Waals surface area (Å²) in [5.74, 6) is 0.473. The molecule has 0 unspecified atom stereocenters. The lowest BCUT2D eigenvalue weighted by Crippen LogP contribution is -2.28. The number of methoxy groups -OCH3 is 1. The van der Waals surface area contributed by atoms with E-state index in [0.29, 0.717) is 35.7 Å². The van der Waals surface area contributed by atoms with E-state index in [1.54, 1.807) is 38.3 Å². The summed E-state index contributed by atoms with van der Waals surface area (Å²) in [4.78, 5) is 16.4. The lowest BCUT2D eigenvalue weighted by Gasteiger charge is -2.11. The van der Waals surface area contributed by atoms with Gasteiger partial charge < -0.3 is 15.4 Å². The van der Waals surface area contributed by atoms with Crippen LogP contribution < -0.4 is 15.4 Å². The Morgan fingerprint density at radius 1 is 1.29 bits per heavy atom. The second-order valence-electron chi connectivity index (χ2n) is 5.30. The van der Waals surface area contributed by atoms with Gasteiger partial charge >= 0.3 is 0 Å². The van der Waals surface area contributed by atoms with Crippen LogP contribution >= 0.6 is 0 Å². The van der Waals surface area contributed by atoms with Crippen LogP contribution in [0, 0.1) is 25.2 Å². The summed E-state index contributed by atoms with van der Waals surface area (Å²) in [5.41, 5.74) is 3.34. The minimum absolute atomic E-state index is 0.168. The molecular weight excluding hydrogens is 304 g/mol. The van der Waals surface area contributed by atoms with E-state index < -0.39 is 0 Å². The van der Waals surface area contributed by atoms with Crippen molar-refractivity contribution in [2.45, 2.75) is 13.8 Å². The number of nitrogens with one attached hydrogen (secondary N) is 2. The molecule has 0 saturated heterocycles. The molecule has 2 aromatic rings. The van der Waals surface area contributed by atoms with Gasteiger partial charge in [-0.1, -0.05) is 6.07 Å².